The highest BCUT2D eigenvalue weighted by molar-refractivity contribution is 5.77. The third-order valence-corrected chi connectivity index (χ3v) is 5.60. The molecule has 1 amide bonds. The van der Waals surface area contributed by atoms with Crippen LogP contribution in [0.15, 0.2) is 78.9 Å². The van der Waals surface area contributed by atoms with E-state index < -0.39 is 0 Å². The Labute approximate surface area is 205 Å². The van der Waals surface area contributed by atoms with Crippen molar-refractivity contribution in [3.63, 3.8) is 0 Å². The lowest BCUT2D eigenvalue weighted by atomic mass is 10.2. The molecule has 7 heteroatoms. The molecule has 1 heterocycles. The Balaban J connectivity index is 1.27. The van der Waals surface area contributed by atoms with Crippen LogP contribution in [0.1, 0.15) is 18.7 Å². The van der Waals surface area contributed by atoms with E-state index >= 15 is 0 Å². The first-order chi connectivity index (χ1) is 17.2. The fraction of sp³-hybridized carbons (Fsp3) is 0.286. The number of hydrogen-bond donors (Lipinski definition) is 1. The summed E-state index contributed by atoms with van der Waals surface area (Å²) in [5.74, 6) is 3.05. The molecule has 182 valence electrons. The van der Waals surface area contributed by atoms with E-state index in [0.717, 1.165) is 54.2 Å². The van der Waals surface area contributed by atoms with Gasteiger partial charge >= 0.3 is 0 Å². The van der Waals surface area contributed by atoms with Crippen LogP contribution in [0, 0.1) is 0 Å². The first-order valence-corrected chi connectivity index (χ1v) is 11.9. The zero-order chi connectivity index (χ0) is 24.3. The SMILES string of the molecule is COc1ccccc1OCCCn1c(CCCNC(=O)COc2ccccc2)nc2ccccc21. The van der Waals surface area contributed by atoms with Crippen LogP contribution in [0.5, 0.6) is 17.2 Å². The first kappa shape index (κ1) is 24.1. The maximum Gasteiger partial charge on any atom is 0.257 e. The van der Waals surface area contributed by atoms with E-state index in [-0.39, 0.29) is 12.5 Å². The number of benzene rings is 3. The smallest absolute Gasteiger partial charge is 0.257 e. The number of carbonyl (C=O) groups excluding carboxylic acids is 1. The van der Waals surface area contributed by atoms with Crippen molar-refractivity contribution in [2.24, 2.45) is 0 Å². The molecule has 0 radical (unpaired) electrons. The average molecular weight is 474 g/mol. The molecule has 35 heavy (non-hydrogen) atoms. The topological polar surface area (TPSA) is 74.6 Å². The molecule has 0 saturated heterocycles. The second-order valence-corrected chi connectivity index (χ2v) is 8.08. The van der Waals surface area contributed by atoms with Gasteiger partial charge in [-0.05, 0) is 49.2 Å². The van der Waals surface area contributed by atoms with E-state index in [0.29, 0.717) is 18.9 Å². The molecule has 0 aliphatic rings. The maximum absolute atomic E-state index is 12.1. The minimum Gasteiger partial charge on any atom is -0.493 e. The molecule has 0 unspecified atom stereocenters. The Hall–Kier alpha value is -4.00. The van der Waals surface area contributed by atoms with E-state index in [1.807, 2.05) is 72.8 Å². The molecule has 7 nitrogen and oxygen atoms in total. The van der Waals surface area contributed by atoms with Gasteiger partial charge < -0.3 is 24.1 Å². The second kappa shape index (κ2) is 12.5. The Morgan fingerprint density at radius 2 is 1.63 bits per heavy atom. The van der Waals surface area contributed by atoms with Crippen LogP contribution in [0.4, 0.5) is 0 Å². The highest BCUT2D eigenvalue weighted by Gasteiger charge is 2.11. The fourth-order valence-corrected chi connectivity index (χ4v) is 3.90. The number of fused-ring (bicyclic) bond motifs is 1. The van der Waals surface area contributed by atoms with Crippen molar-refractivity contribution in [1.82, 2.24) is 14.9 Å². The van der Waals surface area contributed by atoms with E-state index in [2.05, 4.69) is 16.0 Å². The first-order valence-electron chi connectivity index (χ1n) is 11.9. The number of para-hydroxylation sites is 5. The van der Waals surface area contributed by atoms with Gasteiger partial charge in [-0.25, -0.2) is 4.98 Å². The predicted molar refractivity (Wildman–Crippen MR) is 136 cm³/mol. The number of aromatic nitrogens is 2. The zero-order valence-corrected chi connectivity index (χ0v) is 20.0. The minimum absolute atomic E-state index is 0.00866. The third kappa shape index (κ3) is 6.76. The van der Waals surface area contributed by atoms with Gasteiger partial charge in [0, 0.05) is 19.5 Å². The van der Waals surface area contributed by atoms with Gasteiger partial charge in [0.05, 0.1) is 24.8 Å². The molecule has 0 aliphatic carbocycles. The number of rotatable bonds is 13. The van der Waals surface area contributed by atoms with Gasteiger partial charge in [-0.1, -0.05) is 42.5 Å². The van der Waals surface area contributed by atoms with Gasteiger partial charge in [0.25, 0.3) is 5.91 Å². The van der Waals surface area contributed by atoms with Crippen LogP contribution in [-0.2, 0) is 17.8 Å². The Kier molecular flexibility index (Phi) is 8.59. The lowest BCUT2D eigenvalue weighted by Crippen LogP contribution is -2.30. The van der Waals surface area contributed by atoms with Crippen LogP contribution in [0.25, 0.3) is 11.0 Å². The normalized spacial score (nSPS) is 10.8. The number of carbonyl (C=O) groups is 1. The van der Waals surface area contributed by atoms with Crippen molar-refractivity contribution in [2.75, 3.05) is 26.9 Å². The fourth-order valence-electron chi connectivity index (χ4n) is 3.90. The number of hydrogen-bond acceptors (Lipinski definition) is 5. The Bertz CT molecular complexity index is 1220. The molecule has 0 aliphatic heterocycles. The number of nitrogens with one attached hydrogen (secondary N) is 1. The van der Waals surface area contributed by atoms with E-state index in [1.54, 1.807) is 7.11 Å². The predicted octanol–water partition coefficient (Wildman–Crippen LogP) is 4.64. The lowest BCUT2D eigenvalue weighted by Gasteiger charge is -2.12. The van der Waals surface area contributed by atoms with Crippen LogP contribution < -0.4 is 19.5 Å². The van der Waals surface area contributed by atoms with Gasteiger partial charge in [-0.2, -0.15) is 0 Å². The van der Waals surface area contributed by atoms with Crippen molar-refractivity contribution in [2.45, 2.75) is 25.8 Å². The van der Waals surface area contributed by atoms with E-state index in [1.165, 1.54) is 0 Å². The molecule has 0 bridgehead atoms. The number of nitrogens with zero attached hydrogens (tertiary/aromatic N) is 2. The molecule has 4 aromatic rings. The highest BCUT2D eigenvalue weighted by atomic mass is 16.5. The quantitative estimate of drug-likeness (QED) is 0.286. The monoisotopic (exact) mass is 473 g/mol. The summed E-state index contributed by atoms with van der Waals surface area (Å²) in [7, 11) is 1.64. The standard InChI is InChI=1S/C28H31N3O4/c1-33-25-15-7-8-16-26(25)34-20-10-19-31-24-14-6-5-13-23(24)30-27(31)17-9-18-29-28(32)21-35-22-11-3-2-4-12-22/h2-8,11-16H,9-10,17-21H2,1H3,(H,29,32). The van der Waals surface area contributed by atoms with Crippen molar-refractivity contribution in [3.8, 4) is 17.2 Å². The van der Waals surface area contributed by atoms with Crippen LogP contribution in [-0.4, -0.2) is 42.3 Å². The van der Waals surface area contributed by atoms with Crippen molar-refractivity contribution in [1.29, 1.82) is 0 Å². The summed E-state index contributed by atoms with van der Waals surface area (Å²) in [6.07, 6.45) is 2.39. The van der Waals surface area contributed by atoms with Gasteiger partial charge in [-0.15, -0.1) is 0 Å². The van der Waals surface area contributed by atoms with Crippen LogP contribution in [0.2, 0.25) is 0 Å². The molecule has 3 aromatic carbocycles. The summed E-state index contributed by atoms with van der Waals surface area (Å²) < 4.78 is 19.0. The van der Waals surface area contributed by atoms with Gasteiger partial charge in [0.2, 0.25) is 0 Å². The summed E-state index contributed by atoms with van der Waals surface area (Å²) in [5, 5.41) is 2.92. The number of ether oxygens (including phenoxy) is 3. The zero-order valence-electron chi connectivity index (χ0n) is 20.0. The van der Waals surface area contributed by atoms with Crippen LogP contribution in [0.3, 0.4) is 0 Å². The van der Waals surface area contributed by atoms with Crippen molar-refractivity contribution < 1.29 is 19.0 Å². The van der Waals surface area contributed by atoms with Crippen molar-refractivity contribution >= 4 is 16.9 Å². The number of amides is 1. The minimum atomic E-state index is -0.129. The summed E-state index contributed by atoms with van der Waals surface area (Å²) in [6, 6.07) is 25.2. The second-order valence-electron chi connectivity index (χ2n) is 8.08. The molecular formula is C28H31N3O4. The van der Waals surface area contributed by atoms with Gasteiger partial charge in [0.1, 0.15) is 11.6 Å². The van der Waals surface area contributed by atoms with Gasteiger partial charge in [-0.3, -0.25) is 4.79 Å². The summed E-state index contributed by atoms with van der Waals surface area (Å²) in [4.78, 5) is 16.9. The Morgan fingerprint density at radius 1 is 0.886 bits per heavy atom. The number of aryl methyl sites for hydroxylation is 2. The van der Waals surface area contributed by atoms with E-state index in [4.69, 9.17) is 19.2 Å². The molecule has 0 spiro atoms. The molecule has 0 atom stereocenters. The molecule has 0 fully saturated rings. The highest BCUT2D eigenvalue weighted by Crippen LogP contribution is 2.26. The largest absolute Gasteiger partial charge is 0.493 e. The average Bonchev–Trinajstić information content (AvgIpc) is 3.26. The molecule has 0 saturated carbocycles. The molecule has 1 aromatic heterocycles. The van der Waals surface area contributed by atoms with E-state index in [9.17, 15) is 4.79 Å². The molecular weight excluding hydrogens is 442 g/mol. The van der Waals surface area contributed by atoms with Gasteiger partial charge in [0.15, 0.2) is 18.1 Å². The third-order valence-electron chi connectivity index (χ3n) is 5.60. The lowest BCUT2D eigenvalue weighted by molar-refractivity contribution is -0.123. The summed E-state index contributed by atoms with van der Waals surface area (Å²) in [5.41, 5.74) is 2.09. The Morgan fingerprint density at radius 3 is 2.46 bits per heavy atom. The molecule has 1 N–H and O–H groups in total. The summed E-state index contributed by atoms with van der Waals surface area (Å²) in [6.45, 7) is 1.94. The molecule has 4 rings (SSSR count). The number of imidazole rings is 1. The summed E-state index contributed by atoms with van der Waals surface area (Å²) >= 11 is 0. The number of methoxy groups -OCH3 is 1. The van der Waals surface area contributed by atoms with Crippen LogP contribution >= 0.6 is 0 Å². The van der Waals surface area contributed by atoms with Crippen molar-refractivity contribution in [3.05, 3.63) is 84.7 Å². The maximum atomic E-state index is 12.1.